The minimum atomic E-state index is -5.10. The molecule has 4 aromatic carbocycles. The fraction of sp³-hybridized carbons (Fsp3) is 0.107. The van der Waals surface area contributed by atoms with Crippen molar-refractivity contribution in [2.75, 3.05) is 30.1 Å². The van der Waals surface area contributed by atoms with Gasteiger partial charge in [-0.3, -0.25) is 13.7 Å². The van der Waals surface area contributed by atoms with Crippen molar-refractivity contribution in [3.63, 3.8) is 0 Å². The van der Waals surface area contributed by atoms with Crippen LogP contribution in [0.4, 0.5) is 34.6 Å². The number of methoxy groups -OCH3 is 1. The highest BCUT2D eigenvalue weighted by Crippen LogP contribution is 2.43. The Hall–Kier alpha value is -5.12. The van der Waals surface area contributed by atoms with Gasteiger partial charge in [0.05, 0.1) is 24.4 Å². The largest absolute Gasteiger partial charge is 0.505 e. The van der Waals surface area contributed by atoms with Crippen LogP contribution in [-0.4, -0.2) is 86.9 Å². The van der Waals surface area contributed by atoms with Crippen molar-refractivity contribution in [2.24, 2.45) is 10.2 Å². The van der Waals surface area contributed by atoms with Crippen molar-refractivity contribution in [1.29, 1.82) is 0 Å². The van der Waals surface area contributed by atoms with Crippen LogP contribution in [-0.2, 0) is 44.7 Å². The summed E-state index contributed by atoms with van der Waals surface area (Å²) in [5, 5.41) is 23.7. The second-order valence-electron chi connectivity index (χ2n) is 10.6. The van der Waals surface area contributed by atoms with E-state index in [9.17, 15) is 47.9 Å². The smallest absolute Gasteiger partial charge is 0.397 e. The summed E-state index contributed by atoms with van der Waals surface area (Å²) in [5.74, 6) is -1.85. The first-order valence-electron chi connectivity index (χ1n) is 14.4. The van der Waals surface area contributed by atoms with Crippen LogP contribution in [0.5, 0.6) is 11.5 Å². The highest BCUT2D eigenvalue weighted by atomic mass is 35.5. The third-order valence-electron chi connectivity index (χ3n) is 6.93. The minimum absolute atomic E-state index is 0.00190. The topological polar surface area (TPSA) is 323 Å². The Morgan fingerprint density at radius 2 is 1.41 bits per heavy atom. The first-order chi connectivity index (χ1) is 25.1. The average molecular weight is 846 g/mol. The predicted molar refractivity (Wildman–Crippen MR) is 190 cm³/mol. The van der Waals surface area contributed by atoms with Gasteiger partial charge in [0.25, 0.3) is 20.2 Å². The zero-order valence-corrected chi connectivity index (χ0v) is 30.9. The molecule has 0 aliphatic carbocycles. The Balaban J connectivity index is 1.44. The van der Waals surface area contributed by atoms with Gasteiger partial charge in [-0.25, -0.2) is 12.6 Å². The summed E-state index contributed by atoms with van der Waals surface area (Å²) in [4.78, 5) is 10.2. The number of nitrogens with zero attached hydrogens (tertiary/aromatic N) is 5. The Kier molecular flexibility index (Phi) is 11.4. The Labute approximate surface area is 311 Å². The molecule has 1 heterocycles. The molecule has 0 saturated heterocycles. The molecule has 6 N–H and O–H groups in total. The number of phenols is 1. The van der Waals surface area contributed by atoms with E-state index < -0.39 is 79.7 Å². The molecule has 286 valence electrons. The highest BCUT2D eigenvalue weighted by molar-refractivity contribution is 7.91. The van der Waals surface area contributed by atoms with Gasteiger partial charge in [0.2, 0.25) is 17.2 Å². The van der Waals surface area contributed by atoms with E-state index in [-0.39, 0.29) is 50.0 Å². The number of hydrogen-bond acceptors (Lipinski definition) is 18. The van der Waals surface area contributed by atoms with Crippen molar-refractivity contribution in [3.8, 4) is 11.5 Å². The van der Waals surface area contributed by atoms with Crippen LogP contribution in [0, 0.1) is 0 Å². The van der Waals surface area contributed by atoms with Gasteiger partial charge in [-0.05, 0) is 71.6 Å². The van der Waals surface area contributed by atoms with Crippen LogP contribution in [0.25, 0.3) is 10.8 Å². The quantitative estimate of drug-likeness (QED) is 0.0667. The third-order valence-corrected chi connectivity index (χ3v) is 11.0. The van der Waals surface area contributed by atoms with E-state index in [0.717, 1.165) is 18.2 Å². The number of fused-ring (bicyclic) bond motifs is 1. The molecule has 21 nitrogen and oxygen atoms in total. The maximum atomic E-state index is 12.6. The van der Waals surface area contributed by atoms with E-state index in [1.807, 2.05) is 0 Å². The summed E-state index contributed by atoms with van der Waals surface area (Å²) in [6, 6.07) is 13.6. The van der Waals surface area contributed by atoms with E-state index in [0.29, 0.717) is 0 Å². The number of anilines is 4. The van der Waals surface area contributed by atoms with Gasteiger partial charge in [-0.2, -0.15) is 40.2 Å². The zero-order valence-electron chi connectivity index (χ0n) is 26.9. The summed E-state index contributed by atoms with van der Waals surface area (Å²) < 4.78 is 133. The standard InChI is InChI=1S/C28H24ClN7O14S4/c1-49-18-6-8-21(22(14-18)52(40,41)42)35-36-24-23(53(43,44)45)12-15-11-17(5-7-20(15)25(24)37)31-28-33-26(29)32-27(34-28)30-16-3-2-4-19(13-16)51(38,39)10-9-50-54(46,47)48/h2-8,11-14,37H,9-10H2,1H3,(H,40,41,42)(H,43,44,45)(H,46,47,48)(H2,30,31,32,33,34). The number of azo groups is 1. The van der Waals surface area contributed by atoms with Crippen molar-refractivity contribution >= 4 is 97.5 Å². The molecule has 0 fully saturated rings. The van der Waals surface area contributed by atoms with Crippen molar-refractivity contribution in [2.45, 2.75) is 14.7 Å². The normalized spacial score (nSPS) is 12.6. The molecule has 5 rings (SSSR count). The zero-order chi connectivity index (χ0) is 39.6. The summed E-state index contributed by atoms with van der Waals surface area (Å²) in [6.07, 6.45) is 0. The lowest BCUT2D eigenvalue weighted by Gasteiger charge is -2.12. The van der Waals surface area contributed by atoms with Gasteiger partial charge in [0.1, 0.15) is 26.9 Å². The number of phenolic OH excluding ortho intramolecular Hbond substituents is 1. The molecule has 0 radical (unpaired) electrons. The number of aromatic hydroxyl groups is 1. The Morgan fingerprint density at radius 3 is 2.02 bits per heavy atom. The van der Waals surface area contributed by atoms with Crippen LogP contribution in [0.3, 0.4) is 0 Å². The van der Waals surface area contributed by atoms with E-state index in [1.54, 1.807) is 0 Å². The fourth-order valence-corrected chi connectivity index (χ4v) is 7.58. The molecule has 0 bridgehead atoms. The number of benzene rings is 4. The van der Waals surface area contributed by atoms with E-state index in [2.05, 4.69) is 40.0 Å². The SMILES string of the molecule is COc1ccc(N=Nc2c(S(=O)(=O)O)cc3cc(Nc4nc(Cl)nc(Nc5cccc(S(=O)(=O)CCOS(=O)(=O)O)c5)n4)ccc3c2O)c(S(=O)(=O)O)c1. The molecule has 0 amide bonds. The average Bonchev–Trinajstić information content (AvgIpc) is 3.06. The summed E-state index contributed by atoms with van der Waals surface area (Å²) in [6.45, 7) is -0.834. The molecule has 0 aliphatic rings. The van der Waals surface area contributed by atoms with Crippen molar-refractivity contribution in [1.82, 2.24) is 15.0 Å². The third kappa shape index (κ3) is 9.89. The summed E-state index contributed by atoms with van der Waals surface area (Å²) >= 11 is 6.09. The predicted octanol–water partition coefficient (Wildman–Crippen LogP) is 4.38. The van der Waals surface area contributed by atoms with Gasteiger partial charge in [0.15, 0.2) is 15.6 Å². The molecule has 54 heavy (non-hydrogen) atoms. The van der Waals surface area contributed by atoms with E-state index >= 15 is 0 Å². The van der Waals surface area contributed by atoms with Crippen LogP contribution in [0.15, 0.2) is 91.6 Å². The Bertz CT molecular complexity index is 2770. The van der Waals surface area contributed by atoms with E-state index in [4.69, 9.17) is 20.9 Å². The number of aromatic nitrogens is 3. The molecular weight excluding hydrogens is 822 g/mol. The molecular formula is C28H24ClN7O14S4. The summed E-state index contributed by atoms with van der Waals surface area (Å²) in [5.41, 5.74) is -0.855. The molecule has 0 unspecified atom stereocenters. The Morgan fingerprint density at radius 1 is 0.759 bits per heavy atom. The molecule has 1 aromatic heterocycles. The van der Waals surface area contributed by atoms with Gasteiger partial charge >= 0.3 is 10.4 Å². The second-order valence-corrected chi connectivity index (χ2v) is 16.9. The van der Waals surface area contributed by atoms with Crippen LogP contribution in [0.1, 0.15) is 0 Å². The van der Waals surface area contributed by atoms with Crippen LogP contribution in [0.2, 0.25) is 5.28 Å². The lowest BCUT2D eigenvalue weighted by molar-refractivity contribution is 0.284. The lowest BCUT2D eigenvalue weighted by atomic mass is 10.1. The number of sulfone groups is 1. The van der Waals surface area contributed by atoms with Crippen LogP contribution >= 0.6 is 11.6 Å². The molecule has 0 saturated carbocycles. The molecule has 0 atom stereocenters. The summed E-state index contributed by atoms with van der Waals surface area (Å²) in [7, 11) is -17.6. The number of ether oxygens (including phenoxy) is 1. The monoisotopic (exact) mass is 845 g/mol. The molecule has 0 aliphatic heterocycles. The molecule has 5 aromatic rings. The lowest BCUT2D eigenvalue weighted by Crippen LogP contribution is -2.15. The molecule has 26 heteroatoms. The molecule has 0 spiro atoms. The number of halogens is 1. The second kappa shape index (κ2) is 15.3. The van der Waals surface area contributed by atoms with E-state index in [1.165, 1.54) is 55.6 Å². The highest BCUT2D eigenvalue weighted by Gasteiger charge is 2.24. The van der Waals surface area contributed by atoms with Gasteiger partial charge in [-0.15, -0.1) is 10.2 Å². The van der Waals surface area contributed by atoms with Gasteiger partial charge in [-0.1, -0.05) is 6.07 Å². The van der Waals surface area contributed by atoms with Gasteiger partial charge in [0, 0.05) is 22.8 Å². The van der Waals surface area contributed by atoms with Crippen molar-refractivity contribution in [3.05, 3.63) is 72.0 Å². The fourth-order valence-electron chi connectivity index (χ4n) is 4.59. The maximum Gasteiger partial charge on any atom is 0.397 e. The first kappa shape index (κ1) is 40.1. The number of hydrogen-bond donors (Lipinski definition) is 6. The van der Waals surface area contributed by atoms with Crippen LogP contribution < -0.4 is 15.4 Å². The number of rotatable bonds is 14. The first-order valence-corrected chi connectivity index (χ1v) is 20.7. The maximum absolute atomic E-state index is 12.6. The van der Waals surface area contributed by atoms with Gasteiger partial charge < -0.3 is 20.5 Å². The number of nitrogens with one attached hydrogen (secondary N) is 2. The minimum Gasteiger partial charge on any atom is -0.505 e. The van der Waals surface area contributed by atoms with Crippen molar-refractivity contribution < 1.29 is 61.4 Å².